The highest BCUT2D eigenvalue weighted by molar-refractivity contribution is 5.96. The molecule has 0 aliphatic carbocycles. The van der Waals surface area contributed by atoms with E-state index in [0.717, 1.165) is 5.69 Å². The first kappa shape index (κ1) is 25.2. The highest BCUT2D eigenvalue weighted by Crippen LogP contribution is 2.15. The van der Waals surface area contributed by atoms with Gasteiger partial charge in [0.1, 0.15) is 12.4 Å². The van der Waals surface area contributed by atoms with Crippen molar-refractivity contribution < 1.29 is 18.7 Å². The Labute approximate surface area is 200 Å². The highest BCUT2D eigenvalue weighted by atomic mass is 19.1. The smallest absolute Gasteiger partial charge is 0.257 e. The number of benzene rings is 2. The minimum absolute atomic E-state index is 0.0563. The molecule has 0 saturated heterocycles. The van der Waals surface area contributed by atoms with Gasteiger partial charge in [-0.05, 0) is 43.7 Å². The Bertz CT molecular complexity index is 1080. The van der Waals surface area contributed by atoms with Crippen LogP contribution in [0.15, 0.2) is 72.9 Å². The largest absolute Gasteiger partial charge is 0.383 e. The Morgan fingerprint density at radius 2 is 1.71 bits per heavy atom. The molecule has 0 spiro atoms. The molecule has 6 nitrogen and oxygen atoms in total. The van der Waals surface area contributed by atoms with Crippen LogP contribution in [0.25, 0.3) is 0 Å². The molecular weight excluding hydrogens is 433 g/mol. The number of carbonyl (C=O) groups is 2. The Hall–Kier alpha value is -3.45. The minimum Gasteiger partial charge on any atom is -0.383 e. The van der Waals surface area contributed by atoms with Crippen molar-refractivity contribution in [2.75, 3.05) is 26.8 Å². The lowest BCUT2D eigenvalue weighted by Crippen LogP contribution is -2.46. The van der Waals surface area contributed by atoms with Gasteiger partial charge in [-0.3, -0.25) is 9.59 Å². The maximum atomic E-state index is 14.2. The van der Waals surface area contributed by atoms with Gasteiger partial charge in [-0.1, -0.05) is 42.5 Å². The maximum Gasteiger partial charge on any atom is 0.257 e. The predicted molar refractivity (Wildman–Crippen MR) is 130 cm³/mol. The average Bonchev–Trinajstić information content (AvgIpc) is 3.26. The van der Waals surface area contributed by atoms with E-state index < -0.39 is 11.7 Å². The predicted octanol–water partition coefficient (Wildman–Crippen LogP) is 4.20. The number of amides is 2. The van der Waals surface area contributed by atoms with Crippen molar-refractivity contribution in [1.82, 2.24) is 14.4 Å². The third kappa shape index (κ3) is 6.54. The van der Waals surface area contributed by atoms with Crippen molar-refractivity contribution in [3.05, 3.63) is 95.6 Å². The van der Waals surface area contributed by atoms with Crippen LogP contribution >= 0.6 is 0 Å². The topological polar surface area (TPSA) is 54.8 Å². The van der Waals surface area contributed by atoms with E-state index in [1.807, 2.05) is 50.4 Å². The van der Waals surface area contributed by atoms with Crippen LogP contribution in [0.4, 0.5) is 4.39 Å². The molecule has 3 rings (SSSR count). The molecule has 2 aromatic carbocycles. The fourth-order valence-electron chi connectivity index (χ4n) is 3.77. The first-order valence-electron chi connectivity index (χ1n) is 11.4. The molecule has 1 heterocycles. The van der Waals surface area contributed by atoms with Crippen molar-refractivity contribution in [2.45, 2.75) is 33.0 Å². The van der Waals surface area contributed by atoms with Crippen LogP contribution in [0.5, 0.6) is 0 Å². The molecule has 0 fully saturated rings. The van der Waals surface area contributed by atoms with Crippen LogP contribution in [0.1, 0.15) is 35.5 Å². The van der Waals surface area contributed by atoms with Gasteiger partial charge in [0.15, 0.2) is 0 Å². The maximum absolute atomic E-state index is 14.2. The molecule has 2 amide bonds. The first-order chi connectivity index (χ1) is 16.4. The monoisotopic (exact) mass is 465 g/mol. The first-order valence-corrected chi connectivity index (χ1v) is 11.4. The Morgan fingerprint density at radius 1 is 1.00 bits per heavy atom. The number of hydrogen-bond donors (Lipinski definition) is 0. The summed E-state index contributed by atoms with van der Waals surface area (Å²) in [5.41, 5.74) is 2.11. The van der Waals surface area contributed by atoms with E-state index in [0.29, 0.717) is 13.1 Å². The Morgan fingerprint density at radius 3 is 2.38 bits per heavy atom. The van der Waals surface area contributed by atoms with Crippen molar-refractivity contribution in [1.29, 1.82) is 0 Å². The van der Waals surface area contributed by atoms with Crippen LogP contribution in [-0.4, -0.2) is 59.0 Å². The fraction of sp³-hybridized carbons (Fsp3) is 0.333. The lowest BCUT2D eigenvalue weighted by Gasteiger charge is -2.31. The van der Waals surface area contributed by atoms with E-state index in [2.05, 4.69) is 16.7 Å². The molecular formula is C27H32FN3O3. The lowest BCUT2D eigenvalue weighted by molar-refractivity contribution is -0.134. The third-order valence-electron chi connectivity index (χ3n) is 5.68. The number of hydrogen-bond acceptors (Lipinski definition) is 3. The normalized spacial score (nSPS) is 11.0. The summed E-state index contributed by atoms with van der Waals surface area (Å²) in [5, 5.41) is 0. The van der Waals surface area contributed by atoms with Gasteiger partial charge in [0.2, 0.25) is 5.91 Å². The molecule has 0 unspecified atom stereocenters. The fourth-order valence-corrected chi connectivity index (χ4v) is 3.77. The molecule has 0 aliphatic rings. The molecule has 0 bridgehead atoms. The van der Waals surface area contributed by atoms with Gasteiger partial charge in [-0.15, -0.1) is 0 Å². The van der Waals surface area contributed by atoms with E-state index in [-0.39, 0.29) is 37.2 Å². The minimum atomic E-state index is -0.609. The SMILES string of the molecule is COCCN(CC(=O)N(Cc1cccn1Cc1ccccc1)C(C)C)C(=O)c1ccccc1F. The summed E-state index contributed by atoms with van der Waals surface area (Å²) in [5.74, 6) is -1.34. The number of carbonyl (C=O) groups excluding carboxylic acids is 2. The van der Waals surface area contributed by atoms with Crippen LogP contribution in [0, 0.1) is 5.82 Å². The van der Waals surface area contributed by atoms with Crippen molar-refractivity contribution >= 4 is 11.8 Å². The second-order valence-corrected chi connectivity index (χ2v) is 8.43. The molecule has 0 N–H and O–H groups in total. The standard InChI is InChI=1S/C27H32FN3O3/c1-21(2)31(19-23-12-9-15-29(23)18-22-10-5-4-6-11-22)26(32)20-30(16-17-34-3)27(33)24-13-7-8-14-25(24)28/h4-15,21H,16-20H2,1-3H3. The summed E-state index contributed by atoms with van der Waals surface area (Å²) in [6.45, 7) is 5.27. The number of rotatable bonds is 11. The quantitative estimate of drug-likeness (QED) is 0.427. The van der Waals surface area contributed by atoms with Gasteiger partial charge >= 0.3 is 0 Å². The van der Waals surface area contributed by atoms with E-state index in [1.54, 1.807) is 11.0 Å². The van der Waals surface area contributed by atoms with Crippen molar-refractivity contribution in [2.24, 2.45) is 0 Å². The summed E-state index contributed by atoms with van der Waals surface area (Å²) >= 11 is 0. The van der Waals surface area contributed by atoms with Gasteiger partial charge < -0.3 is 19.1 Å². The number of halogens is 1. The Balaban J connectivity index is 1.76. The second-order valence-electron chi connectivity index (χ2n) is 8.43. The van der Waals surface area contributed by atoms with E-state index in [4.69, 9.17) is 4.74 Å². The molecule has 34 heavy (non-hydrogen) atoms. The molecule has 0 radical (unpaired) electrons. The van der Waals surface area contributed by atoms with Gasteiger partial charge in [0.05, 0.1) is 18.7 Å². The zero-order chi connectivity index (χ0) is 24.5. The number of aromatic nitrogens is 1. The third-order valence-corrected chi connectivity index (χ3v) is 5.68. The average molecular weight is 466 g/mol. The van der Waals surface area contributed by atoms with E-state index >= 15 is 0 Å². The van der Waals surface area contributed by atoms with Crippen molar-refractivity contribution in [3.8, 4) is 0 Å². The van der Waals surface area contributed by atoms with E-state index in [1.165, 1.54) is 35.8 Å². The zero-order valence-electron chi connectivity index (χ0n) is 20.0. The highest BCUT2D eigenvalue weighted by Gasteiger charge is 2.25. The van der Waals surface area contributed by atoms with Gasteiger partial charge in [-0.25, -0.2) is 4.39 Å². The molecule has 0 atom stereocenters. The summed E-state index contributed by atoms with van der Waals surface area (Å²) in [6.07, 6.45) is 2.00. The van der Waals surface area contributed by atoms with Gasteiger partial charge in [-0.2, -0.15) is 0 Å². The molecule has 0 aliphatic heterocycles. The molecule has 180 valence electrons. The number of nitrogens with zero attached hydrogens (tertiary/aromatic N) is 3. The van der Waals surface area contributed by atoms with Crippen LogP contribution in [-0.2, 0) is 22.6 Å². The van der Waals surface area contributed by atoms with Crippen LogP contribution in [0.3, 0.4) is 0 Å². The molecule has 7 heteroatoms. The number of ether oxygens (including phenoxy) is 1. The van der Waals surface area contributed by atoms with E-state index in [9.17, 15) is 14.0 Å². The van der Waals surface area contributed by atoms with Gasteiger partial charge in [0.25, 0.3) is 5.91 Å². The second kappa shape index (κ2) is 12.1. The molecule has 3 aromatic rings. The molecule has 1 aromatic heterocycles. The van der Waals surface area contributed by atoms with Crippen molar-refractivity contribution in [3.63, 3.8) is 0 Å². The van der Waals surface area contributed by atoms with Crippen LogP contribution in [0.2, 0.25) is 0 Å². The lowest BCUT2D eigenvalue weighted by atomic mass is 10.1. The summed E-state index contributed by atoms with van der Waals surface area (Å²) in [6, 6.07) is 19.8. The summed E-state index contributed by atoms with van der Waals surface area (Å²) in [4.78, 5) is 29.5. The zero-order valence-corrected chi connectivity index (χ0v) is 20.0. The van der Waals surface area contributed by atoms with Gasteiger partial charge in [0, 0.05) is 38.1 Å². The van der Waals surface area contributed by atoms with Crippen LogP contribution < -0.4 is 0 Å². The summed E-state index contributed by atoms with van der Waals surface area (Å²) in [7, 11) is 1.52. The summed E-state index contributed by atoms with van der Waals surface area (Å²) < 4.78 is 21.5. The number of methoxy groups -OCH3 is 1. The Kier molecular flexibility index (Phi) is 8.99. The molecule has 0 saturated carbocycles.